The number of hydrogen-bond donors (Lipinski definition) is 4. The van der Waals surface area contributed by atoms with Crippen molar-refractivity contribution in [3.05, 3.63) is 102 Å². The van der Waals surface area contributed by atoms with Crippen molar-refractivity contribution >= 4 is 29.7 Å². The number of amides is 4. The Morgan fingerprint density at radius 3 is 2.19 bits per heavy atom. The number of likely N-dealkylation sites (tertiary alicyclic amines) is 1. The number of carbonyl (C=O) groups is 4. The maximum Gasteiger partial charge on any atom is 0.407 e. The lowest BCUT2D eigenvalue weighted by Gasteiger charge is -2.30. The summed E-state index contributed by atoms with van der Waals surface area (Å²) in [6.07, 6.45) is 5.23. The Kier molecular flexibility index (Phi) is 10.4. The second kappa shape index (κ2) is 15.8. The van der Waals surface area contributed by atoms with Crippen molar-refractivity contribution in [2.45, 2.75) is 70.1 Å². The molecule has 4 atom stereocenters. The summed E-state index contributed by atoms with van der Waals surface area (Å²) in [4.78, 5) is 71.0. The fourth-order valence-electron chi connectivity index (χ4n) is 8.43. The Balaban J connectivity index is 0.970. The Morgan fingerprint density at radius 1 is 0.845 bits per heavy atom. The molecule has 8 rings (SSSR count). The lowest BCUT2D eigenvalue weighted by atomic mass is 10.0. The van der Waals surface area contributed by atoms with Crippen LogP contribution in [0.15, 0.2) is 73.1 Å². The molecular weight excluding hydrogens is 744 g/mol. The minimum absolute atomic E-state index is 0.151. The first-order valence-corrected chi connectivity index (χ1v) is 19.5. The van der Waals surface area contributed by atoms with Crippen LogP contribution in [0.4, 0.5) is 19.7 Å². The van der Waals surface area contributed by atoms with Gasteiger partial charge in [-0.05, 0) is 59.9 Å². The number of halogens is 1. The van der Waals surface area contributed by atoms with E-state index in [2.05, 4.69) is 25.6 Å². The van der Waals surface area contributed by atoms with E-state index in [0.717, 1.165) is 34.5 Å². The average Bonchev–Trinajstić information content (AvgIpc) is 4.06. The fourth-order valence-corrected chi connectivity index (χ4v) is 8.43. The number of nitrogens with one attached hydrogen (secondary N) is 4. The highest BCUT2D eigenvalue weighted by molar-refractivity contribution is 6.02. The summed E-state index contributed by atoms with van der Waals surface area (Å²) in [6, 6.07) is 16.4. The minimum Gasteiger partial charge on any atom is -0.453 e. The molecular formula is C43H45FN8O6. The topological polar surface area (TPSA) is 175 Å². The van der Waals surface area contributed by atoms with Crippen molar-refractivity contribution in [1.29, 1.82) is 0 Å². The van der Waals surface area contributed by atoms with Crippen LogP contribution in [0.5, 0.6) is 0 Å². The second-order valence-corrected chi connectivity index (χ2v) is 15.3. The molecule has 0 aliphatic carbocycles. The Morgan fingerprint density at radius 2 is 1.50 bits per heavy atom. The number of para-hydroxylation sites is 1. The number of rotatable bonds is 9. The molecule has 15 heteroatoms. The highest BCUT2D eigenvalue weighted by Gasteiger charge is 2.43. The van der Waals surface area contributed by atoms with Gasteiger partial charge in [0.2, 0.25) is 11.8 Å². The number of hydrogen-bond acceptors (Lipinski definition) is 8. The van der Waals surface area contributed by atoms with E-state index in [1.165, 1.54) is 20.3 Å². The van der Waals surface area contributed by atoms with Crippen LogP contribution in [0.2, 0.25) is 0 Å². The summed E-state index contributed by atoms with van der Waals surface area (Å²) in [5.41, 5.74) is 6.93. The Bertz CT molecular complexity index is 2370. The molecule has 0 saturated carbocycles. The van der Waals surface area contributed by atoms with Crippen LogP contribution in [0.25, 0.3) is 33.6 Å². The van der Waals surface area contributed by atoms with Crippen LogP contribution in [0.3, 0.4) is 0 Å². The van der Waals surface area contributed by atoms with Gasteiger partial charge in [0.15, 0.2) is 0 Å². The van der Waals surface area contributed by atoms with Gasteiger partial charge in [-0.25, -0.2) is 23.9 Å². The molecule has 3 aliphatic heterocycles. The van der Waals surface area contributed by atoms with Crippen molar-refractivity contribution in [1.82, 2.24) is 35.5 Å². The molecule has 1 fully saturated rings. The molecule has 300 valence electrons. The zero-order valence-corrected chi connectivity index (χ0v) is 32.7. The van der Waals surface area contributed by atoms with Gasteiger partial charge in [0.25, 0.3) is 0 Å². The van der Waals surface area contributed by atoms with Crippen LogP contribution in [-0.4, -0.2) is 81.7 Å². The van der Waals surface area contributed by atoms with Gasteiger partial charge in [0.05, 0.1) is 55.8 Å². The molecule has 3 aliphatic rings. The molecule has 4 unspecified atom stereocenters. The molecule has 58 heavy (non-hydrogen) atoms. The molecule has 5 heterocycles. The number of nitrogens with zero attached hydrogens (tertiary/aromatic N) is 4. The molecule has 2 aromatic heterocycles. The van der Waals surface area contributed by atoms with Gasteiger partial charge in [0.1, 0.15) is 29.5 Å². The lowest BCUT2D eigenvalue weighted by molar-refractivity contribution is -0.135. The van der Waals surface area contributed by atoms with Crippen molar-refractivity contribution in [2.75, 3.05) is 25.7 Å². The number of H-pyrrole nitrogens is 2. The lowest BCUT2D eigenvalue weighted by Crippen LogP contribution is -2.51. The van der Waals surface area contributed by atoms with Gasteiger partial charge in [-0.2, -0.15) is 0 Å². The minimum atomic E-state index is -0.742. The average molecular weight is 789 g/mol. The highest BCUT2D eigenvalue weighted by atomic mass is 19.1. The van der Waals surface area contributed by atoms with Crippen LogP contribution in [-0.2, 0) is 31.9 Å². The number of aromatic amines is 2. The number of methoxy groups -OCH3 is 2. The predicted molar refractivity (Wildman–Crippen MR) is 213 cm³/mol. The molecule has 0 bridgehead atoms. The first kappa shape index (κ1) is 38.4. The van der Waals surface area contributed by atoms with Crippen molar-refractivity contribution < 1.29 is 33.0 Å². The van der Waals surface area contributed by atoms with Gasteiger partial charge < -0.3 is 35.0 Å². The summed E-state index contributed by atoms with van der Waals surface area (Å²) >= 11 is 0. The molecule has 3 aromatic carbocycles. The number of aryl methyl sites for hydroxylation is 1. The third-order valence-corrected chi connectivity index (χ3v) is 11.4. The third kappa shape index (κ3) is 7.16. The maximum atomic E-state index is 15.8. The Labute approximate surface area is 334 Å². The summed E-state index contributed by atoms with van der Waals surface area (Å²) in [5.74, 6) is 0.261. The largest absolute Gasteiger partial charge is 0.453 e. The first-order chi connectivity index (χ1) is 28.0. The fraction of sp³-hybridized carbons (Fsp3) is 0.349. The van der Waals surface area contributed by atoms with Crippen molar-refractivity contribution in [2.24, 2.45) is 5.92 Å². The number of carbonyl (C=O) groups excluding carboxylic acids is 4. The van der Waals surface area contributed by atoms with E-state index >= 15 is 4.39 Å². The van der Waals surface area contributed by atoms with E-state index < -0.39 is 30.1 Å². The smallest absolute Gasteiger partial charge is 0.407 e. The first-order valence-electron chi connectivity index (χ1n) is 19.5. The van der Waals surface area contributed by atoms with E-state index in [1.807, 2.05) is 62.4 Å². The zero-order chi connectivity index (χ0) is 40.7. The summed E-state index contributed by atoms with van der Waals surface area (Å²) in [5, 5.41) is 5.37. The molecule has 0 radical (unpaired) electrons. The third-order valence-electron chi connectivity index (χ3n) is 11.4. The van der Waals surface area contributed by atoms with E-state index in [1.54, 1.807) is 28.3 Å². The normalized spacial score (nSPS) is 19.1. The highest BCUT2D eigenvalue weighted by Crippen LogP contribution is 2.45. The molecule has 1 saturated heterocycles. The zero-order valence-electron chi connectivity index (χ0n) is 32.7. The number of anilines is 1. The van der Waals surface area contributed by atoms with Crippen LogP contribution in [0, 0.1) is 11.7 Å². The van der Waals surface area contributed by atoms with Gasteiger partial charge in [0, 0.05) is 24.1 Å². The molecule has 4 N–H and O–H groups in total. The van der Waals surface area contributed by atoms with Crippen LogP contribution in [0.1, 0.15) is 68.0 Å². The number of benzene rings is 3. The number of alkyl carbamates (subject to hydrolysis) is 2. The summed E-state index contributed by atoms with van der Waals surface area (Å²) in [7, 11) is 2.54. The number of imidazole rings is 2. The molecule has 0 spiro atoms. The second-order valence-electron chi connectivity index (χ2n) is 15.3. The Hall–Kier alpha value is -6.51. The number of aromatic nitrogens is 4. The van der Waals surface area contributed by atoms with Gasteiger partial charge >= 0.3 is 12.2 Å². The molecule has 14 nitrogen and oxygen atoms in total. The van der Waals surface area contributed by atoms with Gasteiger partial charge in [-0.15, -0.1) is 0 Å². The molecule has 5 aromatic rings. The van der Waals surface area contributed by atoms with E-state index in [-0.39, 0.29) is 29.8 Å². The standard InChI is InChI=1S/C43H45FN8O6/c1-23(2)36(50-43(56)58-4)41(54)51-18-6-9-34(51)38-45-22-33(48-38)27-14-16-29(30(44)19-27)24-10-12-25(13-11-24)32-21-46-39(47-32)35-20-28-8-5-7-26-15-17-31(49-42(55)57-3)40(53)52(35)37(26)28/h5,7-8,10-14,16,19,21-23,31,34-36H,6,9,15,17-18,20H2,1-4H3,(H,45,48)(H,46,47)(H,49,55)(H,50,56). The van der Waals surface area contributed by atoms with E-state index in [0.29, 0.717) is 66.3 Å². The van der Waals surface area contributed by atoms with Crippen molar-refractivity contribution in [3.63, 3.8) is 0 Å². The van der Waals surface area contributed by atoms with Crippen LogP contribution >= 0.6 is 0 Å². The summed E-state index contributed by atoms with van der Waals surface area (Å²) in [6.45, 7) is 4.26. The van der Waals surface area contributed by atoms with Gasteiger partial charge in [-0.3, -0.25) is 14.5 Å². The maximum absolute atomic E-state index is 15.8. The van der Waals surface area contributed by atoms with Gasteiger partial charge in [-0.1, -0.05) is 68.4 Å². The molecule has 4 amide bonds. The summed E-state index contributed by atoms with van der Waals surface area (Å²) < 4.78 is 25.3. The van der Waals surface area contributed by atoms with E-state index in [4.69, 9.17) is 14.5 Å². The number of ether oxygens (including phenoxy) is 2. The quantitative estimate of drug-likeness (QED) is 0.129. The van der Waals surface area contributed by atoms with Crippen LogP contribution < -0.4 is 15.5 Å². The monoisotopic (exact) mass is 788 g/mol. The van der Waals surface area contributed by atoms with E-state index in [9.17, 15) is 19.2 Å². The SMILES string of the molecule is COC(=O)NC1CCc2cccc3c2N(C1=O)C(c1ncc(-c2ccc(-c4ccc(-c5cnc(C6CCCN6C(=O)C(NC(=O)OC)C(C)C)[nH]5)cc4F)cc2)[nH]1)C3. The predicted octanol–water partition coefficient (Wildman–Crippen LogP) is 6.62. The van der Waals surface area contributed by atoms with Crippen molar-refractivity contribution in [3.8, 4) is 33.6 Å².